The Labute approximate surface area is 99.7 Å². The van der Waals surface area contributed by atoms with Gasteiger partial charge in [-0.05, 0) is 12.5 Å². The van der Waals surface area contributed by atoms with Crippen LogP contribution in [-0.2, 0) is 11.3 Å². The Bertz CT molecular complexity index is 508. The Morgan fingerprint density at radius 1 is 1.41 bits per heavy atom. The second-order valence-electron chi connectivity index (χ2n) is 3.67. The zero-order valence-electron chi connectivity index (χ0n) is 10.1. The summed E-state index contributed by atoms with van der Waals surface area (Å²) in [4.78, 5) is 8.66. The van der Waals surface area contributed by atoms with Crippen LogP contribution in [-0.4, -0.2) is 33.9 Å². The molecule has 0 atom stereocenters. The van der Waals surface area contributed by atoms with Crippen molar-refractivity contribution < 1.29 is 4.74 Å². The van der Waals surface area contributed by atoms with E-state index in [-0.39, 0.29) is 0 Å². The fourth-order valence-corrected chi connectivity index (χ4v) is 1.46. The Hall–Kier alpha value is -1.95. The number of aryl methyl sites for hydroxylation is 1. The molecule has 0 fully saturated rings. The van der Waals surface area contributed by atoms with Crippen molar-refractivity contribution in [3.8, 4) is 5.82 Å². The van der Waals surface area contributed by atoms with Crippen LogP contribution in [0.4, 0.5) is 5.82 Å². The summed E-state index contributed by atoms with van der Waals surface area (Å²) in [7, 11) is 3.43. The van der Waals surface area contributed by atoms with E-state index in [0.29, 0.717) is 12.4 Å². The fraction of sp³-hybridized carbons (Fsp3) is 0.364. The van der Waals surface area contributed by atoms with Crippen LogP contribution in [0.2, 0.25) is 0 Å². The first-order valence-electron chi connectivity index (χ1n) is 5.29. The number of aromatic nitrogens is 4. The average molecular weight is 233 g/mol. The zero-order chi connectivity index (χ0) is 12.3. The Morgan fingerprint density at radius 3 is 2.82 bits per heavy atom. The maximum Gasteiger partial charge on any atom is 0.159 e. The summed E-state index contributed by atoms with van der Waals surface area (Å²) in [6, 6.07) is 1.84. The predicted molar refractivity (Wildman–Crippen MR) is 64.2 cm³/mol. The van der Waals surface area contributed by atoms with Crippen molar-refractivity contribution in [1.29, 1.82) is 0 Å². The number of nitrogens with one attached hydrogen (secondary N) is 1. The van der Waals surface area contributed by atoms with Gasteiger partial charge in [0.1, 0.15) is 12.4 Å². The van der Waals surface area contributed by atoms with Crippen molar-refractivity contribution in [3.63, 3.8) is 0 Å². The molecule has 90 valence electrons. The molecule has 0 bridgehead atoms. The van der Waals surface area contributed by atoms with Gasteiger partial charge in [-0.1, -0.05) is 0 Å². The third-order valence-corrected chi connectivity index (χ3v) is 2.23. The first kappa shape index (κ1) is 11.5. The molecule has 0 saturated carbocycles. The standard InChI is InChI=1S/C11H15N5O/c1-8-5-13-16(6-8)11-4-9(12-2)14-10(15-11)7-17-3/h4-6H,7H2,1-3H3,(H,12,14,15). The largest absolute Gasteiger partial charge is 0.377 e. The predicted octanol–water partition coefficient (Wildman–Crippen LogP) is 1.16. The van der Waals surface area contributed by atoms with Gasteiger partial charge in [-0.25, -0.2) is 14.6 Å². The van der Waals surface area contributed by atoms with Crippen molar-refractivity contribution in [2.45, 2.75) is 13.5 Å². The van der Waals surface area contributed by atoms with Gasteiger partial charge in [-0.2, -0.15) is 5.10 Å². The van der Waals surface area contributed by atoms with E-state index in [2.05, 4.69) is 20.4 Å². The van der Waals surface area contributed by atoms with Crippen LogP contribution < -0.4 is 5.32 Å². The quantitative estimate of drug-likeness (QED) is 0.858. The van der Waals surface area contributed by atoms with Gasteiger partial charge in [0.25, 0.3) is 0 Å². The summed E-state index contributed by atoms with van der Waals surface area (Å²) >= 11 is 0. The Balaban J connectivity index is 2.42. The van der Waals surface area contributed by atoms with E-state index in [4.69, 9.17) is 4.74 Å². The van der Waals surface area contributed by atoms with E-state index < -0.39 is 0 Å². The molecule has 1 N–H and O–H groups in total. The van der Waals surface area contributed by atoms with E-state index in [1.54, 1.807) is 18.0 Å². The molecule has 2 heterocycles. The van der Waals surface area contributed by atoms with Crippen molar-refractivity contribution in [1.82, 2.24) is 19.7 Å². The first-order valence-corrected chi connectivity index (χ1v) is 5.29. The van der Waals surface area contributed by atoms with Crippen LogP contribution in [0.15, 0.2) is 18.5 Å². The number of hydrogen-bond donors (Lipinski definition) is 1. The molecule has 0 aromatic carbocycles. The molecule has 2 rings (SSSR count). The summed E-state index contributed by atoms with van der Waals surface area (Å²) in [5, 5.41) is 7.22. The molecule has 0 unspecified atom stereocenters. The molecule has 17 heavy (non-hydrogen) atoms. The van der Waals surface area contributed by atoms with Gasteiger partial charge in [0.05, 0.1) is 6.20 Å². The minimum atomic E-state index is 0.378. The molecule has 0 saturated heterocycles. The van der Waals surface area contributed by atoms with Crippen molar-refractivity contribution >= 4 is 5.82 Å². The van der Waals surface area contributed by atoms with Gasteiger partial charge in [-0.3, -0.25) is 0 Å². The fourth-order valence-electron chi connectivity index (χ4n) is 1.46. The van der Waals surface area contributed by atoms with Crippen LogP contribution in [0, 0.1) is 6.92 Å². The maximum absolute atomic E-state index is 5.04. The second-order valence-corrected chi connectivity index (χ2v) is 3.67. The molecule has 2 aromatic heterocycles. The molecule has 6 heteroatoms. The van der Waals surface area contributed by atoms with Crippen molar-refractivity contribution in [2.24, 2.45) is 0 Å². The molecule has 6 nitrogen and oxygen atoms in total. The SMILES string of the molecule is CNc1cc(-n2cc(C)cn2)nc(COC)n1. The molecule has 2 aromatic rings. The number of methoxy groups -OCH3 is 1. The highest BCUT2D eigenvalue weighted by atomic mass is 16.5. The molecule has 0 aliphatic carbocycles. The van der Waals surface area contributed by atoms with Gasteiger partial charge in [0.15, 0.2) is 11.6 Å². The lowest BCUT2D eigenvalue weighted by molar-refractivity contribution is 0.178. The number of rotatable bonds is 4. The first-order chi connectivity index (χ1) is 8.22. The minimum Gasteiger partial charge on any atom is -0.377 e. The van der Waals surface area contributed by atoms with E-state index in [9.17, 15) is 0 Å². The van der Waals surface area contributed by atoms with Crippen LogP contribution in [0.1, 0.15) is 11.4 Å². The summed E-state index contributed by atoms with van der Waals surface area (Å²) < 4.78 is 6.76. The van der Waals surface area contributed by atoms with Gasteiger partial charge in [0, 0.05) is 26.4 Å². The lowest BCUT2D eigenvalue weighted by Crippen LogP contribution is -2.07. The molecular formula is C11H15N5O. The van der Waals surface area contributed by atoms with Crippen molar-refractivity contribution in [3.05, 3.63) is 29.8 Å². The monoisotopic (exact) mass is 233 g/mol. The van der Waals surface area contributed by atoms with Gasteiger partial charge < -0.3 is 10.1 Å². The smallest absolute Gasteiger partial charge is 0.159 e. The highest BCUT2D eigenvalue weighted by molar-refractivity contribution is 5.40. The minimum absolute atomic E-state index is 0.378. The lowest BCUT2D eigenvalue weighted by Gasteiger charge is -2.07. The molecule has 0 amide bonds. The van der Waals surface area contributed by atoms with Gasteiger partial charge in [0.2, 0.25) is 0 Å². The third kappa shape index (κ3) is 2.59. The van der Waals surface area contributed by atoms with Gasteiger partial charge in [-0.15, -0.1) is 0 Å². The van der Waals surface area contributed by atoms with Crippen LogP contribution >= 0.6 is 0 Å². The van der Waals surface area contributed by atoms with Crippen LogP contribution in [0.3, 0.4) is 0 Å². The highest BCUT2D eigenvalue weighted by Gasteiger charge is 2.06. The van der Waals surface area contributed by atoms with E-state index in [1.807, 2.05) is 26.2 Å². The Kier molecular flexibility index (Phi) is 3.34. The maximum atomic E-state index is 5.04. The topological polar surface area (TPSA) is 64.9 Å². The highest BCUT2D eigenvalue weighted by Crippen LogP contribution is 2.11. The molecule has 0 spiro atoms. The van der Waals surface area contributed by atoms with Crippen LogP contribution in [0.25, 0.3) is 5.82 Å². The van der Waals surface area contributed by atoms with Crippen molar-refractivity contribution in [2.75, 3.05) is 19.5 Å². The second kappa shape index (κ2) is 4.92. The average Bonchev–Trinajstić information content (AvgIpc) is 2.76. The van der Waals surface area contributed by atoms with E-state index in [1.165, 1.54) is 0 Å². The molecule has 0 radical (unpaired) electrons. The van der Waals surface area contributed by atoms with E-state index >= 15 is 0 Å². The summed E-state index contributed by atoms with van der Waals surface area (Å²) in [5.41, 5.74) is 1.09. The number of anilines is 1. The summed E-state index contributed by atoms with van der Waals surface area (Å²) in [5.74, 6) is 2.10. The molecule has 0 aliphatic rings. The molecular weight excluding hydrogens is 218 g/mol. The van der Waals surface area contributed by atoms with E-state index in [0.717, 1.165) is 17.2 Å². The summed E-state index contributed by atoms with van der Waals surface area (Å²) in [6.45, 7) is 2.36. The van der Waals surface area contributed by atoms with Crippen LogP contribution in [0.5, 0.6) is 0 Å². The summed E-state index contributed by atoms with van der Waals surface area (Å²) in [6.07, 6.45) is 3.70. The third-order valence-electron chi connectivity index (χ3n) is 2.23. The molecule has 0 aliphatic heterocycles. The number of ether oxygens (including phenoxy) is 1. The number of hydrogen-bond acceptors (Lipinski definition) is 5. The zero-order valence-corrected chi connectivity index (χ0v) is 10.1. The van der Waals surface area contributed by atoms with Gasteiger partial charge >= 0.3 is 0 Å². The lowest BCUT2D eigenvalue weighted by atomic mass is 10.4. The Morgan fingerprint density at radius 2 is 2.24 bits per heavy atom. The number of nitrogens with zero attached hydrogens (tertiary/aromatic N) is 4. The normalized spacial score (nSPS) is 10.5.